The molecule has 22 heavy (non-hydrogen) atoms. The quantitative estimate of drug-likeness (QED) is 0.518. The Morgan fingerprint density at radius 3 is 3.14 bits per heavy atom. The molecule has 0 aromatic carbocycles. The van der Waals surface area contributed by atoms with E-state index in [4.69, 9.17) is 0 Å². The number of rotatable bonds is 5. The van der Waals surface area contributed by atoms with Gasteiger partial charge in [-0.15, -0.1) is 17.9 Å². The molecular formula is C16H19N3OS2. The fourth-order valence-electron chi connectivity index (χ4n) is 2.69. The van der Waals surface area contributed by atoms with Crippen LogP contribution in [0.4, 0.5) is 0 Å². The Kier molecular flexibility index (Phi) is 4.78. The molecule has 1 aliphatic rings. The average molecular weight is 333 g/mol. The van der Waals surface area contributed by atoms with Gasteiger partial charge in [-0.05, 0) is 38.2 Å². The van der Waals surface area contributed by atoms with E-state index < -0.39 is 0 Å². The lowest BCUT2D eigenvalue weighted by molar-refractivity contribution is -0.120. The Balaban J connectivity index is 1.89. The SMILES string of the molecule is C=CCNC(=O)C(C)Sc1ncnc2sc3c(c12)CCCC3. The summed E-state index contributed by atoms with van der Waals surface area (Å²) in [5.74, 6) is 0.0146. The molecule has 6 heteroatoms. The lowest BCUT2D eigenvalue weighted by Gasteiger charge is -2.13. The van der Waals surface area contributed by atoms with Crippen LogP contribution in [0, 0.1) is 0 Å². The number of hydrogen-bond acceptors (Lipinski definition) is 5. The van der Waals surface area contributed by atoms with Crippen molar-refractivity contribution in [3.63, 3.8) is 0 Å². The summed E-state index contributed by atoms with van der Waals surface area (Å²) in [4.78, 5) is 23.4. The summed E-state index contributed by atoms with van der Waals surface area (Å²) in [6.45, 7) is 6.03. The fraction of sp³-hybridized carbons (Fsp3) is 0.438. The summed E-state index contributed by atoms with van der Waals surface area (Å²) < 4.78 is 0. The third-order valence-electron chi connectivity index (χ3n) is 3.79. The third kappa shape index (κ3) is 3.03. The topological polar surface area (TPSA) is 54.9 Å². The van der Waals surface area contributed by atoms with Gasteiger partial charge in [0.2, 0.25) is 5.91 Å². The first-order chi connectivity index (χ1) is 10.7. The molecule has 1 unspecified atom stereocenters. The van der Waals surface area contributed by atoms with Crippen LogP contribution in [-0.4, -0.2) is 27.7 Å². The molecule has 0 saturated carbocycles. The molecule has 1 amide bonds. The van der Waals surface area contributed by atoms with E-state index in [0.717, 1.165) is 22.7 Å². The molecule has 0 saturated heterocycles. The maximum absolute atomic E-state index is 12.0. The molecule has 0 spiro atoms. The summed E-state index contributed by atoms with van der Waals surface area (Å²) in [6, 6.07) is 0. The van der Waals surface area contributed by atoms with Gasteiger partial charge in [-0.2, -0.15) is 0 Å². The fourth-order valence-corrected chi connectivity index (χ4v) is 4.95. The van der Waals surface area contributed by atoms with Crippen molar-refractivity contribution >= 4 is 39.2 Å². The second-order valence-electron chi connectivity index (χ2n) is 5.36. The van der Waals surface area contributed by atoms with Crippen LogP contribution in [0.5, 0.6) is 0 Å². The largest absolute Gasteiger partial charge is 0.352 e. The van der Waals surface area contributed by atoms with Crippen molar-refractivity contribution in [2.75, 3.05) is 6.54 Å². The second kappa shape index (κ2) is 6.79. The average Bonchev–Trinajstić information content (AvgIpc) is 2.92. The van der Waals surface area contributed by atoms with Gasteiger partial charge in [0.15, 0.2) is 0 Å². The molecule has 0 aliphatic heterocycles. The minimum Gasteiger partial charge on any atom is -0.352 e. The van der Waals surface area contributed by atoms with Crippen LogP contribution in [0.2, 0.25) is 0 Å². The highest BCUT2D eigenvalue weighted by Crippen LogP contribution is 2.40. The highest BCUT2D eigenvalue weighted by molar-refractivity contribution is 8.00. The van der Waals surface area contributed by atoms with Gasteiger partial charge in [0.05, 0.1) is 5.25 Å². The Morgan fingerprint density at radius 1 is 1.50 bits per heavy atom. The van der Waals surface area contributed by atoms with Crippen molar-refractivity contribution in [1.29, 1.82) is 0 Å². The molecule has 0 radical (unpaired) electrons. The number of hydrogen-bond donors (Lipinski definition) is 1. The van der Waals surface area contributed by atoms with Crippen molar-refractivity contribution in [3.05, 3.63) is 29.4 Å². The van der Waals surface area contributed by atoms with Crippen LogP contribution in [0.25, 0.3) is 10.2 Å². The molecule has 2 aromatic heterocycles. The molecule has 116 valence electrons. The number of carbonyl (C=O) groups excluding carboxylic acids is 1. The predicted molar refractivity (Wildman–Crippen MR) is 92.6 cm³/mol. The number of amides is 1. The minimum absolute atomic E-state index is 0.0146. The van der Waals surface area contributed by atoms with Crippen LogP contribution in [-0.2, 0) is 17.6 Å². The number of fused-ring (bicyclic) bond motifs is 3. The van der Waals surface area contributed by atoms with Crippen LogP contribution in [0.15, 0.2) is 24.0 Å². The zero-order valence-electron chi connectivity index (χ0n) is 12.6. The van der Waals surface area contributed by atoms with E-state index in [9.17, 15) is 4.79 Å². The summed E-state index contributed by atoms with van der Waals surface area (Å²) in [6.07, 6.45) is 8.04. The number of aryl methyl sites for hydroxylation is 2. The van der Waals surface area contributed by atoms with E-state index >= 15 is 0 Å². The smallest absolute Gasteiger partial charge is 0.233 e. The summed E-state index contributed by atoms with van der Waals surface area (Å²) >= 11 is 3.30. The number of nitrogens with zero attached hydrogens (tertiary/aromatic N) is 2. The van der Waals surface area contributed by atoms with Gasteiger partial charge in [-0.1, -0.05) is 17.8 Å². The predicted octanol–water partition coefficient (Wildman–Crippen LogP) is 3.35. The summed E-state index contributed by atoms with van der Waals surface area (Å²) in [5, 5.41) is 4.77. The molecule has 0 bridgehead atoms. The Hall–Kier alpha value is -1.40. The number of thioether (sulfide) groups is 1. The van der Waals surface area contributed by atoms with Crippen molar-refractivity contribution in [1.82, 2.24) is 15.3 Å². The van der Waals surface area contributed by atoms with E-state index in [0.29, 0.717) is 6.54 Å². The Bertz CT molecular complexity index is 711. The first kappa shape index (κ1) is 15.5. The number of thiophene rings is 1. The van der Waals surface area contributed by atoms with E-state index in [1.165, 1.54) is 40.4 Å². The van der Waals surface area contributed by atoms with Gasteiger partial charge in [0.25, 0.3) is 0 Å². The summed E-state index contributed by atoms with van der Waals surface area (Å²) in [5.41, 5.74) is 1.41. The van der Waals surface area contributed by atoms with Crippen LogP contribution in [0.1, 0.15) is 30.2 Å². The van der Waals surface area contributed by atoms with Crippen molar-refractivity contribution in [2.45, 2.75) is 42.9 Å². The molecule has 2 heterocycles. The molecule has 1 atom stereocenters. The lowest BCUT2D eigenvalue weighted by atomic mass is 9.97. The normalized spacial score (nSPS) is 15.3. The minimum atomic E-state index is -0.183. The summed E-state index contributed by atoms with van der Waals surface area (Å²) in [7, 11) is 0. The standard InChI is InChI=1S/C16H19N3OS2/c1-3-8-17-14(20)10(2)21-15-13-11-6-4-5-7-12(11)22-16(13)19-9-18-15/h3,9-10H,1,4-8H2,2H3,(H,17,20). The molecule has 1 N–H and O–H groups in total. The van der Waals surface area contributed by atoms with Crippen LogP contribution < -0.4 is 5.32 Å². The van der Waals surface area contributed by atoms with Crippen LogP contribution >= 0.6 is 23.1 Å². The first-order valence-corrected chi connectivity index (χ1v) is 9.21. The van der Waals surface area contributed by atoms with E-state index in [1.54, 1.807) is 23.7 Å². The second-order valence-corrected chi connectivity index (χ2v) is 7.78. The van der Waals surface area contributed by atoms with Gasteiger partial charge < -0.3 is 5.32 Å². The molecule has 1 aliphatic carbocycles. The molecular weight excluding hydrogens is 314 g/mol. The molecule has 4 nitrogen and oxygen atoms in total. The molecule has 3 rings (SSSR count). The number of nitrogens with one attached hydrogen (secondary N) is 1. The zero-order chi connectivity index (χ0) is 15.5. The van der Waals surface area contributed by atoms with Crippen LogP contribution in [0.3, 0.4) is 0 Å². The number of aromatic nitrogens is 2. The maximum atomic E-state index is 12.0. The van der Waals surface area contributed by atoms with E-state index in [1.807, 2.05) is 6.92 Å². The van der Waals surface area contributed by atoms with Gasteiger partial charge in [0, 0.05) is 16.8 Å². The van der Waals surface area contributed by atoms with Gasteiger partial charge >= 0.3 is 0 Å². The molecule has 0 fully saturated rings. The highest BCUT2D eigenvalue weighted by atomic mass is 32.2. The van der Waals surface area contributed by atoms with Crippen molar-refractivity contribution in [3.8, 4) is 0 Å². The third-order valence-corrected chi connectivity index (χ3v) is 6.10. The van der Waals surface area contributed by atoms with Crippen molar-refractivity contribution < 1.29 is 4.79 Å². The zero-order valence-corrected chi connectivity index (χ0v) is 14.2. The van der Waals surface area contributed by atoms with E-state index in [2.05, 4.69) is 21.9 Å². The van der Waals surface area contributed by atoms with Gasteiger partial charge in [-0.25, -0.2) is 9.97 Å². The van der Waals surface area contributed by atoms with Crippen molar-refractivity contribution in [2.24, 2.45) is 0 Å². The maximum Gasteiger partial charge on any atom is 0.233 e. The van der Waals surface area contributed by atoms with Gasteiger partial charge in [0.1, 0.15) is 16.2 Å². The lowest BCUT2D eigenvalue weighted by Crippen LogP contribution is -2.30. The Morgan fingerprint density at radius 2 is 2.32 bits per heavy atom. The molecule has 2 aromatic rings. The number of carbonyl (C=O) groups is 1. The Labute approximate surface area is 138 Å². The highest BCUT2D eigenvalue weighted by Gasteiger charge is 2.22. The van der Waals surface area contributed by atoms with Gasteiger partial charge in [-0.3, -0.25) is 4.79 Å². The van der Waals surface area contributed by atoms with E-state index in [-0.39, 0.29) is 11.2 Å². The monoisotopic (exact) mass is 333 g/mol. The first-order valence-electron chi connectivity index (χ1n) is 7.51.